The summed E-state index contributed by atoms with van der Waals surface area (Å²) in [5.41, 5.74) is 3.77. The summed E-state index contributed by atoms with van der Waals surface area (Å²) in [5.74, 6) is -0.570. The van der Waals surface area contributed by atoms with Crippen LogP contribution in [0.2, 0.25) is 0 Å². The first-order chi connectivity index (χ1) is 18.5. The molecule has 0 aliphatic carbocycles. The largest absolute Gasteiger partial charge is 0.376 e. The molecule has 4 aromatic carbocycles. The van der Waals surface area contributed by atoms with E-state index in [1.54, 1.807) is 59.3 Å². The van der Waals surface area contributed by atoms with Crippen LogP contribution in [0.4, 0.5) is 22.7 Å². The Morgan fingerprint density at radius 1 is 0.658 bits per heavy atom. The van der Waals surface area contributed by atoms with Crippen LogP contribution < -0.4 is 20.4 Å². The lowest BCUT2D eigenvalue weighted by Gasteiger charge is -2.21. The van der Waals surface area contributed by atoms with Gasteiger partial charge in [-0.1, -0.05) is 48.5 Å². The molecule has 0 spiro atoms. The molecular weight excluding hydrogens is 476 g/mol. The van der Waals surface area contributed by atoms with Crippen molar-refractivity contribution in [3.63, 3.8) is 0 Å². The predicted molar refractivity (Wildman–Crippen MR) is 153 cm³/mol. The van der Waals surface area contributed by atoms with Gasteiger partial charge < -0.3 is 20.4 Å². The van der Waals surface area contributed by atoms with Crippen molar-refractivity contribution in [2.75, 3.05) is 40.6 Å². The van der Waals surface area contributed by atoms with Gasteiger partial charge in [-0.3, -0.25) is 14.4 Å². The number of carbonyl (C=O) groups excluding carboxylic acids is 3. The third kappa shape index (κ3) is 6.44. The molecule has 0 heterocycles. The first kappa shape index (κ1) is 26.2. The van der Waals surface area contributed by atoms with Gasteiger partial charge >= 0.3 is 0 Å². The summed E-state index contributed by atoms with van der Waals surface area (Å²) < 4.78 is 0. The molecule has 192 valence electrons. The lowest BCUT2D eigenvalue weighted by atomic mass is 10.1. The number of hydrogen-bond acceptors (Lipinski definition) is 4. The first-order valence-corrected chi connectivity index (χ1v) is 12.4. The molecule has 0 fully saturated rings. The van der Waals surface area contributed by atoms with Crippen LogP contribution >= 0.6 is 0 Å². The molecule has 0 unspecified atom stereocenters. The minimum absolute atomic E-state index is 0.00405. The summed E-state index contributed by atoms with van der Waals surface area (Å²) in [6.45, 7) is 2.46. The van der Waals surface area contributed by atoms with Gasteiger partial charge in [0.25, 0.3) is 11.8 Å². The van der Waals surface area contributed by atoms with Gasteiger partial charge in [0, 0.05) is 47.5 Å². The van der Waals surface area contributed by atoms with Gasteiger partial charge in [0.1, 0.15) is 0 Å². The van der Waals surface area contributed by atoms with Crippen molar-refractivity contribution >= 4 is 40.5 Å². The highest BCUT2D eigenvalue weighted by Crippen LogP contribution is 2.20. The van der Waals surface area contributed by atoms with Crippen molar-refractivity contribution in [1.29, 1.82) is 0 Å². The summed E-state index contributed by atoms with van der Waals surface area (Å²) in [4.78, 5) is 41.9. The zero-order valence-electron chi connectivity index (χ0n) is 21.4. The Labute approximate surface area is 222 Å². The Kier molecular flexibility index (Phi) is 8.51. The molecule has 0 aromatic heterocycles. The van der Waals surface area contributed by atoms with Gasteiger partial charge in [0.15, 0.2) is 0 Å². The predicted octanol–water partition coefficient (Wildman–Crippen LogP) is 5.68. The van der Waals surface area contributed by atoms with Crippen molar-refractivity contribution < 1.29 is 14.4 Å². The maximum atomic E-state index is 13.1. The van der Waals surface area contributed by atoms with E-state index in [0.29, 0.717) is 29.0 Å². The highest BCUT2D eigenvalue weighted by Gasteiger charge is 2.17. The van der Waals surface area contributed by atoms with Crippen molar-refractivity contribution in [2.24, 2.45) is 0 Å². The van der Waals surface area contributed by atoms with Gasteiger partial charge in [-0.05, 0) is 67.6 Å². The average Bonchev–Trinajstić information content (AvgIpc) is 2.97. The molecule has 0 aliphatic heterocycles. The Hall–Kier alpha value is -4.91. The normalized spacial score (nSPS) is 10.4. The topological polar surface area (TPSA) is 81.8 Å². The van der Waals surface area contributed by atoms with E-state index in [0.717, 1.165) is 11.4 Å². The molecule has 7 heteroatoms. The minimum Gasteiger partial charge on any atom is -0.376 e. The molecule has 0 saturated carbocycles. The second-order valence-electron chi connectivity index (χ2n) is 8.65. The number of hydrogen-bond donors (Lipinski definition) is 2. The molecule has 0 aliphatic rings. The number of rotatable bonds is 9. The number of nitrogens with one attached hydrogen (secondary N) is 2. The number of para-hydroxylation sites is 2. The van der Waals surface area contributed by atoms with Crippen molar-refractivity contribution in [3.8, 4) is 0 Å². The fourth-order valence-electron chi connectivity index (χ4n) is 4.05. The van der Waals surface area contributed by atoms with Crippen molar-refractivity contribution in [2.45, 2.75) is 6.92 Å². The first-order valence-electron chi connectivity index (χ1n) is 12.4. The standard InChI is InChI=1S/C31H30N4O3/c1-3-35(28-18-8-5-9-19-28)31(38)24-13-10-14-25(20-24)32-22-29(36)33-26-15-11-12-23(21-26)30(37)34(2)27-16-6-4-7-17-27/h4-21,32H,3,22H2,1-2H3,(H,33,36). The fraction of sp³-hybridized carbons (Fsp3) is 0.129. The zero-order valence-corrected chi connectivity index (χ0v) is 21.4. The number of carbonyl (C=O) groups is 3. The SMILES string of the molecule is CCN(C(=O)c1cccc(NCC(=O)Nc2cccc(C(=O)N(C)c3ccccc3)c2)c1)c1ccccc1. The van der Waals surface area contributed by atoms with Gasteiger partial charge in [0.05, 0.1) is 6.54 Å². The monoisotopic (exact) mass is 506 g/mol. The van der Waals surface area contributed by atoms with Crippen LogP contribution in [0.5, 0.6) is 0 Å². The summed E-state index contributed by atoms with van der Waals surface area (Å²) in [7, 11) is 1.71. The lowest BCUT2D eigenvalue weighted by Crippen LogP contribution is -2.30. The minimum atomic E-state index is -0.276. The van der Waals surface area contributed by atoms with E-state index in [1.165, 1.54) is 0 Å². The molecule has 0 saturated heterocycles. The lowest BCUT2D eigenvalue weighted by molar-refractivity contribution is -0.114. The Balaban J connectivity index is 1.37. The van der Waals surface area contributed by atoms with Crippen LogP contribution in [0.15, 0.2) is 109 Å². The molecule has 2 N–H and O–H groups in total. The molecule has 0 radical (unpaired) electrons. The quantitative estimate of drug-likeness (QED) is 0.306. The molecule has 7 nitrogen and oxygen atoms in total. The van der Waals surface area contributed by atoms with E-state index in [1.807, 2.05) is 73.7 Å². The van der Waals surface area contributed by atoms with Crippen LogP contribution in [-0.4, -0.2) is 37.9 Å². The van der Waals surface area contributed by atoms with Crippen LogP contribution in [-0.2, 0) is 4.79 Å². The van der Waals surface area contributed by atoms with Gasteiger partial charge in [-0.15, -0.1) is 0 Å². The Morgan fingerprint density at radius 2 is 1.21 bits per heavy atom. The van der Waals surface area contributed by atoms with Crippen molar-refractivity contribution in [3.05, 3.63) is 120 Å². The summed E-state index contributed by atoms with van der Waals surface area (Å²) in [5, 5.41) is 5.90. The number of benzene rings is 4. The number of nitrogens with zero attached hydrogens (tertiary/aromatic N) is 2. The van der Waals surface area contributed by atoms with Gasteiger partial charge in [-0.2, -0.15) is 0 Å². The summed E-state index contributed by atoms with van der Waals surface area (Å²) in [6.07, 6.45) is 0. The van der Waals surface area contributed by atoms with Gasteiger partial charge in [0.2, 0.25) is 5.91 Å². The van der Waals surface area contributed by atoms with E-state index in [-0.39, 0.29) is 24.3 Å². The zero-order chi connectivity index (χ0) is 26.9. The molecule has 3 amide bonds. The third-order valence-electron chi connectivity index (χ3n) is 6.03. The highest BCUT2D eigenvalue weighted by atomic mass is 16.2. The third-order valence-corrected chi connectivity index (χ3v) is 6.03. The maximum absolute atomic E-state index is 13.1. The van der Waals surface area contributed by atoms with E-state index in [9.17, 15) is 14.4 Å². The number of amides is 3. The summed E-state index contributed by atoms with van der Waals surface area (Å²) >= 11 is 0. The molecule has 4 aromatic rings. The van der Waals surface area contributed by atoms with E-state index in [2.05, 4.69) is 10.6 Å². The van der Waals surface area contributed by atoms with Crippen LogP contribution in [0, 0.1) is 0 Å². The highest BCUT2D eigenvalue weighted by molar-refractivity contribution is 6.07. The molecule has 38 heavy (non-hydrogen) atoms. The van der Waals surface area contributed by atoms with Gasteiger partial charge in [-0.25, -0.2) is 0 Å². The molecular formula is C31H30N4O3. The molecule has 0 bridgehead atoms. The second-order valence-corrected chi connectivity index (χ2v) is 8.65. The smallest absolute Gasteiger partial charge is 0.258 e. The fourth-order valence-corrected chi connectivity index (χ4v) is 4.05. The summed E-state index contributed by atoms with van der Waals surface area (Å²) in [6, 6.07) is 32.8. The molecule has 0 atom stereocenters. The van der Waals surface area contributed by atoms with E-state index >= 15 is 0 Å². The van der Waals surface area contributed by atoms with Crippen LogP contribution in [0.25, 0.3) is 0 Å². The van der Waals surface area contributed by atoms with E-state index in [4.69, 9.17) is 0 Å². The van der Waals surface area contributed by atoms with Crippen LogP contribution in [0.1, 0.15) is 27.6 Å². The van der Waals surface area contributed by atoms with Crippen LogP contribution in [0.3, 0.4) is 0 Å². The number of anilines is 4. The Bertz CT molecular complexity index is 1410. The Morgan fingerprint density at radius 3 is 1.84 bits per heavy atom. The van der Waals surface area contributed by atoms with Crippen molar-refractivity contribution in [1.82, 2.24) is 0 Å². The molecule has 4 rings (SSSR count). The average molecular weight is 507 g/mol. The maximum Gasteiger partial charge on any atom is 0.258 e. The van der Waals surface area contributed by atoms with E-state index < -0.39 is 0 Å². The second kappa shape index (κ2) is 12.4.